The number of aromatic nitrogens is 3. The van der Waals surface area contributed by atoms with Gasteiger partial charge in [0, 0.05) is 16.6 Å². The SMILES string of the molecule is CCc1nc(-c2nc(C)cs2)[nH]c(=O)c1C. The van der Waals surface area contributed by atoms with Crippen LogP contribution < -0.4 is 5.56 Å². The van der Waals surface area contributed by atoms with Crippen LogP contribution in [0.5, 0.6) is 0 Å². The lowest BCUT2D eigenvalue weighted by Gasteiger charge is -2.03. The van der Waals surface area contributed by atoms with Crippen LogP contribution in [0.2, 0.25) is 0 Å². The first-order valence-electron chi connectivity index (χ1n) is 5.14. The van der Waals surface area contributed by atoms with Crippen molar-refractivity contribution in [3.8, 4) is 10.8 Å². The summed E-state index contributed by atoms with van der Waals surface area (Å²) < 4.78 is 0. The van der Waals surface area contributed by atoms with Crippen LogP contribution in [0.15, 0.2) is 10.2 Å². The summed E-state index contributed by atoms with van der Waals surface area (Å²) in [6.07, 6.45) is 0.757. The topological polar surface area (TPSA) is 58.6 Å². The van der Waals surface area contributed by atoms with Crippen molar-refractivity contribution in [1.82, 2.24) is 15.0 Å². The van der Waals surface area contributed by atoms with Gasteiger partial charge in [0.15, 0.2) is 10.8 Å². The second-order valence-corrected chi connectivity index (χ2v) is 4.49. The van der Waals surface area contributed by atoms with E-state index in [1.165, 1.54) is 11.3 Å². The molecule has 0 aliphatic heterocycles. The van der Waals surface area contributed by atoms with Crippen molar-refractivity contribution in [2.24, 2.45) is 0 Å². The van der Waals surface area contributed by atoms with Gasteiger partial charge in [-0.2, -0.15) is 0 Å². The standard InChI is InChI=1S/C11H13N3OS/c1-4-8-7(3)10(15)14-9(13-8)11-12-6(2)5-16-11/h5H,4H2,1-3H3,(H,13,14,15). The summed E-state index contributed by atoms with van der Waals surface area (Å²) >= 11 is 1.49. The van der Waals surface area contributed by atoms with E-state index in [9.17, 15) is 4.79 Å². The van der Waals surface area contributed by atoms with Crippen molar-refractivity contribution in [2.75, 3.05) is 0 Å². The highest BCUT2D eigenvalue weighted by Gasteiger charge is 2.09. The molecule has 4 nitrogen and oxygen atoms in total. The number of hydrogen-bond donors (Lipinski definition) is 1. The van der Waals surface area contributed by atoms with Crippen LogP contribution in [0.3, 0.4) is 0 Å². The maximum absolute atomic E-state index is 11.7. The minimum atomic E-state index is -0.0743. The average Bonchev–Trinajstić information content (AvgIpc) is 2.69. The summed E-state index contributed by atoms with van der Waals surface area (Å²) in [6.45, 7) is 5.71. The van der Waals surface area contributed by atoms with Crippen LogP contribution in [0.1, 0.15) is 23.9 Å². The van der Waals surface area contributed by atoms with Gasteiger partial charge in [0.2, 0.25) is 0 Å². The molecule has 0 bridgehead atoms. The summed E-state index contributed by atoms with van der Waals surface area (Å²) in [5, 5.41) is 2.71. The smallest absolute Gasteiger partial charge is 0.254 e. The molecule has 84 valence electrons. The fourth-order valence-corrected chi connectivity index (χ4v) is 2.23. The molecule has 0 saturated heterocycles. The fourth-order valence-electron chi connectivity index (χ4n) is 1.49. The largest absolute Gasteiger partial charge is 0.304 e. The molecule has 0 aliphatic rings. The van der Waals surface area contributed by atoms with E-state index in [-0.39, 0.29) is 5.56 Å². The van der Waals surface area contributed by atoms with Crippen molar-refractivity contribution in [1.29, 1.82) is 0 Å². The molecule has 2 aromatic heterocycles. The van der Waals surface area contributed by atoms with Crippen LogP contribution >= 0.6 is 11.3 Å². The third kappa shape index (κ3) is 1.90. The molecule has 16 heavy (non-hydrogen) atoms. The second-order valence-electron chi connectivity index (χ2n) is 3.63. The number of nitrogens with zero attached hydrogens (tertiary/aromatic N) is 2. The summed E-state index contributed by atoms with van der Waals surface area (Å²) in [6, 6.07) is 0. The van der Waals surface area contributed by atoms with Gasteiger partial charge in [0.05, 0.1) is 5.69 Å². The summed E-state index contributed by atoms with van der Waals surface area (Å²) in [7, 11) is 0. The van der Waals surface area contributed by atoms with Gasteiger partial charge in [0.1, 0.15) is 0 Å². The van der Waals surface area contributed by atoms with E-state index in [2.05, 4.69) is 15.0 Å². The Morgan fingerprint density at radius 2 is 2.12 bits per heavy atom. The van der Waals surface area contributed by atoms with Crippen LogP contribution in [-0.4, -0.2) is 15.0 Å². The number of H-pyrrole nitrogens is 1. The molecular formula is C11H13N3OS. The molecule has 0 unspecified atom stereocenters. The van der Waals surface area contributed by atoms with Crippen LogP contribution in [0, 0.1) is 13.8 Å². The summed E-state index contributed by atoms with van der Waals surface area (Å²) in [4.78, 5) is 23.2. The lowest BCUT2D eigenvalue weighted by molar-refractivity contribution is 0.952. The van der Waals surface area contributed by atoms with Gasteiger partial charge in [-0.1, -0.05) is 6.92 Å². The molecular weight excluding hydrogens is 222 g/mol. The van der Waals surface area contributed by atoms with E-state index < -0.39 is 0 Å². The van der Waals surface area contributed by atoms with Crippen molar-refractivity contribution >= 4 is 11.3 Å². The van der Waals surface area contributed by atoms with E-state index in [0.717, 1.165) is 22.8 Å². The molecule has 0 saturated carbocycles. The predicted molar refractivity (Wildman–Crippen MR) is 64.8 cm³/mol. The lowest BCUT2D eigenvalue weighted by Crippen LogP contribution is -2.15. The zero-order valence-electron chi connectivity index (χ0n) is 9.50. The van der Waals surface area contributed by atoms with Gasteiger partial charge in [0.25, 0.3) is 5.56 Å². The molecule has 5 heteroatoms. The molecule has 2 heterocycles. The van der Waals surface area contributed by atoms with Gasteiger partial charge in [-0.15, -0.1) is 11.3 Å². The Balaban J connectivity index is 2.59. The van der Waals surface area contributed by atoms with E-state index in [0.29, 0.717) is 11.4 Å². The minimum Gasteiger partial charge on any atom is -0.304 e. The van der Waals surface area contributed by atoms with Crippen molar-refractivity contribution in [3.05, 3.63) is 32.7 Å². The number of hydrogen-bond acceptors (Lipinski definition) is 4. The molecule has 0 aliphatic carbocycles. The van der Waals surface area contributed by atoms with Gasteiger partial charge < -0.3 is 4.98 Å². The number of rotatable bonds is 2. The van der Waals surface area contributed by atoms with E-state index >= 15 is 0 Å². The molecule has 0 radical (unpaired) electrons. The highest BCUT2D eigenvalue weighted by Crippen LogP contribution is 2.19. The Labute approximate surface area is 97.4 Å². The number of aromatic amines is 1. The lowest BCUT2D eigenvalue weighted by atomic mass is 10.2. The molecule has 2 aromatic rings. The molecule has 1 N–H and O–H groups in total. The van der Waals surface area contributed by atoms with Gasteiger partial charge in [-0.05, 0) is 20.3 Å². The molecule has 0 amide bonds. The fraction of sp³-hybridized carbons (Fsp3) is 0.364. The van der Waals surface area contributed by atoms with Gasteiger partial charge in [-0.3, -0.25) is 4.79 Å². The molecule has 0 atom stereocenters. The monoisotopic (exact) mass is 235 g/mol. The van der Waals surface area contributed by atoms with E-state index in [4.69, 9.17) is 0 Å². The quantitative estimate of drug-likeness (QED) is 0.867. The Bertz CT molecular complexity index is 571. The second kappa shape index (κ2) is 4.17. The highest BCUT2D eigenvalue weighted by atomic mass is 32.1. The molecule has 0 aromatic carbocycles. The van der Waals surface area contributed by atoms with Crippen molar-refractivity contribution < 1.29 is 0 Å². The summed E-state index contributed by atoms with van der Waals surface area (Å²) in [5.41, 5.74) is 2.40. The zero-order valence-corrected chi connectivity index (χ0v) is 10.3. The third-order valence-electron chi connectivity index (χ3n) is 2.41. The van der Waals surface area contributed by atoms with Gasteiger partial charge in [-0.25, -0.2) is 9.97 Å². The third-order valence-corrected chi connectivity index (χ3v) is 3.38. The van der Waals surface area contributed by atoms with E-state index in [1.54, 1.807) is 6.92 Å². The van der Waals surface area contributed by atoms with Crippen molar-refractivity contribution in [3.63, 3.8) is 0 Å². The number of aryl methyl sites for hydroxylation is 2. The predicted octanol–water partition coefficient (Wildman–Crippen LogP) is 2.07. The maximum Gasteiger partial charge on any atom is 0.254 e. The Kier molecular flexibility index (Phi) is 2.87. The first-order chi connectivity index (χ1) is 7.61. The maximum atomic E-state index is 11.7. The van der Waals surface area contributed by atoms with Crippen LogP contribution in [0.4, 0.5) is 0 Å². The minimum absolute atomic E-state index is 0.0743. The average molecular weight is 235 g/mol. The van der Waals surface area contributed by atoms with Crippen molar-refractivity contribution in [2.45, 2.75) is 27.2 Å². The van der Waals surface area contributed by atoms with Crippen LogP contribution in [-0.2, 0) is 6.42 Å². The molecule has 0 fully saturated rings. The summed E-state index contributed by atoms with van der Waals surface area (Å²) in [5.74, 6) is 0.575. The Hall–Kier alpha value is -1.49. The molecule has 0 spiro atoms. The first kappa shape index (κ1) is 11.0. The molecule has 2 rings (SSSR count). The zero-order chi connectivity index (χ0) is 11.7. The van der Waals surface area contributed by atoms with Crippen LogP contribution in [0.25, 0.3) is 10.8 Å². The highest BCUT2D eigenvalue weighted by molar-refractivity contribution is 7.13. The normalized spacial score (nSPS) is 10.7. The van der Waals surface area contributed by atoms with Gasteiger partial charge >= 0.3 is 0 Å². The Morgan fingerprint density at radius 1 is 1.38 bits per heavy atom. The van der Waals surface area contributed by atoms with E-state index in [1.807, 2.05) is 19.2 Å². The number of thiazole rings is 1. The first-order valence-corrected chi connectivity index (χ1v) is 6.02. The number of nitrogens with one attached hydrogen (secondary N) is 1. The Morgan fingerprint density at radius 3 is 2.69 bits per heavy atom.